The van der Waals surface area contributed by atoms with E-state index in [2.05, 4.69) is 9.50 Å². The first kappa shape index (κ1) is 18.7. The molecular formula is C15H9F3N2O6S. The fourth-order valence-electron chi connectivity index (χ4n) is 2.69. The molecule has 8 nitrogen and oxygen atoms in total. The highest BCUT2D eigenvalue weighted by atomic mass is 32.2. The van der Waals surface area contributed by atoms with Crippen molar-refractivity contribution in [3.05, 3.63) is 29.5 Å². The first-order valence-electron chi connectivity index (χ1n) is 7.33. The quantitative estimate of drug-likeness (QED) is 0.473. The number of amides is 2. The fraction of sp³-hybridized carbons (Fsp3) is 0.267. The Morgan fingerprint density at radius 1 is 1.30 bits per heavy atom. The zero-order chi connectivity index (χ0) is 20.0. The molecule has 1 aliphatic rings. The Balaban J connectivity index is 2.10. The number of carbonyl (C=O) groups excluding carboxylic acids is 2. The number of piperidine rings is 1. The van der Waals surface area contributed by atoms with Gasteiger partial charge in [0.15, 0.2) is 5.58 Å². The number of nitrogens with one attached hydrogen (secondary N) is 1. The van der Waals surface area contributed by atoms with E-state index in [1.165, 1.54) is 0 Å². The molecule has 1 aromatic carbocycles. The van der Waals surface area contributed by atoms with Gasteiger partial charge in [0.25, 0.3) is 0 Å². The number of carbonyl (C=O) groups is 2. The van der Waals surface area contributed by atoms with Crippen molar-refractivity contribution in [2.24, 2.45) is 0 Å². The number of nitrogens with zero attached hydrogens (tertiary/aromatic N) is 1. The van der Waals surface area contributed by atoms with Crippen LogP contribution < -0.4 is 9.50 Å². The van der Waals surface area contributed by atoms with Gasteiger partial charge in [0.2, 0.25) is 11.8 Å². The van der Waals surface area contributed by atoms with E-state index < -0.39 is 39.1 Å². The molecule has 1 atom stereocenters. The molecule has 0 aliphatic carbocycles. The Labute approximate surface area is 149 Å². The topological polar surface area (TPSA) is 126 Å². The van der Waals surface area contributed by atoms with Crippen LogP contribution in [0.25, 0.3) is 11.0 Å². The summed E-state index contributed by atoms with van der Waals surface area (Å²) < 4.78 is 69.3. The Kier molecular flexibility index (Phi) is 4.35. The van der Waals surface area contributed by atoms with Gasteiger partial charge in [0.1, 0.15) is 11.8 Å². The standard InChI is InChI=1S/C15H9F3N2O6S/c16-15(17,18)27(23,24)26-8-3-7(5-19)13-10(4-8)11(6-25-13)9-1-2-12(21)20-14(9)22/h3-4,6,9H,1-2H2,(H,20,21,22). The van der Waals surface area contributed by atoms with Crippen LogP contribution in [0.15, 0.2) is 22.8 Å². The summed E-state index contributed by atoms with van der Waals surface area (Å²) in [5.74, 6) is -2.72. The molecule has 0 bridgehead atoms. The van der Waals surface area contributed by atoms with E-state index in [4.69, 9.17) is 9.68 Å². The highest BCUT2D eigenvalue weighted by molar-refractivity contribution is 7.88. The van der Waals surface area contributed by atoms with Crippen LogP contribution in [0, 0.1) is 11.3 Å². The maximum atomic E-state index is 12.5. The number of rotatable bonds is 3. The number of hydrogen-bond donors (Lipinski definition) is 1. The number of imide groups is 1. The van der Waals surface area contributed by atoms with E-state index >= 15 is 0 Å². The number of hydrogen-bond acceptors (Lipinski definition) is 7. The summed E-state index contributed by atoms with van der Waals surface area (Å²) in [6.45, 7) is 0. The lowest BCUT2D eigenvalue weighted by atomic mass is 9.90. The second kappa shape index (κ2) is 6.27. The first-order chi connectivity index (χ1) is 12.5. The largest absolute Gasteiger partial charge is 0.534 e. The third kappa shape index (κ3) is 3.33. The number of benzene rings is 1. The average molecular weight is 402 g/mol. The van der Waals surface area contributed by atoms with Gasteiger partial charge in [0.05, 0.1) is 17.7 Å². The van der Waals surface area contributed by atoms with Crippen LogP contribution in [0.3, 0.4) is 0 Å². The predicted octanol–water partition coefficient (Wildman–Crippen LogP) is 2.05. The molecule has 2 heterocycles. The van der Waals surface area contributed by atoms with Crippen molar-refractivity contribution in [3.8, 4) is 11.8 Å². The minimum Gasteiger partial charge on any atom is -0.463 e. The van der Waals surface area contributed by atoms with E-state index in [-0.39, 0.29) is 34.9 Å². The predicted molar refractivity (Wildman–Crippen MR) is 81.7 cm³/mol. The molecule has 1 aliphatic heterocycles. The van der Waals surface area contributed by atoms with Gasteiger partial charge in [-0.1, -0.05) is 0 Å². The summed E-state index contributed by atoms with van der Waals surface area (Å²) in [5, 5.41) is 11.3. The summed E-state index contributed by atoms with van der Waals surface area (Å²) in [7, 11) is -5.95. The molecular weight excluding hydrogens is 393 g/mol. The third-order valence-corrected chi connectivity index (χ3v) is 4.88. The molecule has 0 radical (unpaired) electrons. The molecule has 2 amide bonds. The Morgan fingerprint density at radius 2 is 2.00 bits per heavy atom. The van der Waals surface area contributed by atoms with Crippen molar-refractivity contribution in [2.45, 2.75) is 24.3 Å². The maximum Gasteiger partial charge on any atom is 0.534 e. The minimum atomic E-state index is -5.95. The van der Waals surface area contributed by atoms with Crippen molar-refractivity contribution < 1.29 is 39.8 Å². The van der Waals surface area contributed by atoms with Gasteiger partial charge in [-0.2, -0.15) is 26.9 Å². The van der Waals surface area contributed by atoms with Crippen LogP contribution in [0.4, 0.5) is 13.2 Å². The Bertz CT molecular complexity index is 1100. The Hall–Kier alpha value is -3.07. The van der Waals surface area contributed by atoms with E-state index in [1.54, 1.807) is 6.07 Å². The molecule has 0 spiro atoms. The smallest absolute Gasteiger partial charge is 0.463 e. The third-order valence-electron chi connectivity index (χ3n) is 3.90. The molecule has 2 aromatic rings. The molecule has 0 saturated carbocycles. The number of fused-ring (bicyclic) bond motifs is 1. The molecule has 12 heteroatoms. The highest BCUT2D eigenvalue weighted by Gasteiger charge is 2.48. The number of halogens is 3. The molecule has 1 unspecified atom stereocenters. The fourth-order valence-corrected chi connectivity index (χ4v) is 3.14. The van der Waals surface area contributed by atoms with Gasteiger partial charge in [0, 0.05) is 23.4 Å². The lowest BCUT2D eigenvalue weighted by Gasteiger charge is -2.20. The molecule has 142 valence electrons. The van der Waals surface area contributed by atoms with Crippen molar-refractivity contribution in [3.63, 3.8) is 0 Å². The van der Waals surface area contributed by atoms with Crippen molar-refractivity contribution in [1.82, 2.24) is 5.32 Å². The average Bonchev–Trinajstić information content (AvgIpc) is 2.96. The van der Waals surface area contributed by atoms with E-state index in [0.29, 0.717) is 0 Å². The van der Waals surface area contributed by atoms with Crippen LogP contribution in [-0.2, 0) is 19.7 Å². The van der Waals surface area contributed by atoms with Crippen molar-refractivity contribution in [1.29, 1.82) is 5.26 Å². The summed E-state index contributed by atoms with van der Waals surface area (Å²) in [5.41, 5.74) is -5.79. The van der Waals surface area contributed by atoms with Gasteiger partial charge < -0.3 is 8.60 Å². The SMILES string of the molecule is N#Cc1cc(OS(=O)(=O)C(F)(F)F)cc2c(C3CCC(=O)NC3=O)coc12. The molecule has 27 heavy (non-hydrogen) atoms. The summed E-state index contributed by atoms with van der Waals surface area (Å²) in [4.78, 5) is 23.3. The highest BCUT2D eigenvalue weighted by Crippen LogP contribution is 2.37. The normalized spacial score (nSPS) is 18.2. The van der Waals surface area contributed by atoms with Crippen LogP contribution in [0.1, 0.15) is 29.9 Å². The summed E-state index contributed by atoms with van der Waals surface area (Å²) >= 11 is 0. The van der Waals surface area contributed by atoms with Crippen LogP contribution in [0.2, 0.25) is 0 Å². The maximum absolute atomic E-state index is 12.5. The summed E-state index contributed by atoms with van der Waals surface area (Å²) in [6, 6.07) is 3.38. The van der Waals surface area contributed by atoms with Crippen molar-refractivity contribution >= 4 is 32.9 Å². The lowest BCUT2D eigenvalue weighted by molar-refractivity contribution is -0.134. The molecule has 1 aromatic heterocycles. The molecule has 1 saturated heterocycles. The van der Waals surface area contributed by atoms with Crippen LogP contribution in [-0.4, -0.2) is 25.7 Å². The van der Waals surface area contributed by atoms with E-state index in [9.17, 15) is 31.2 Å². The molecule has 3 rings (SSSR count). The minimum absolute atomic E-state index is 0.0346. The Morgan fingerprint density at radius 3 is 2.59 bits per heavy atom. The van der Waals surface area contributed by atoms with E-state index in [1.807, 2.05) is 0 Å². The zero-order valence-electron chi connectivity index (χ0n) is 13.2. The molecule has 1 fully saturated rings. The second-order valence-electron chi connectivity index (χ2n) is 5.64. The van der Waals surface area contributed by atoms with E-state index in [0.717, 1.165) is 18.4 Å². The van der Waals surface area contributed by atoms with Gasteiger partial charge in [-0.3, -0.25) is 14.9 Å². The second-order valence-corrected chi connectivity index (χ2v) is 7.18. The zero-order valence-corrected chi connectivity index (χ0v) is 14.0. The van der Waals surface area contributed by atoms with Gasteiger partial charge in [-0.05, 0) is 12.5 Å². The van der Waals surface area contributed by atoms with Crippen LogP contribution in [0.5, 0.6) is 5.75 Å². The van der Waals surface area contributed by atoms with Crippen LogP contribution >= 0.6 is 0 Å². The first-order valence-corrected chi connectivity index (χ1v) is 8.74. The molecule has 1 N–H and O–H groups in total. The number of alkyl halides is 3. The van der Waals surface area contributed by atoms with Crippen molar-refractivity contribution in [2.75, 3.05) is 0 Å². The lowest BCUT2D eigenvalue weighted by Crippen LogP contribution is -2.39. The monoisotopic (exact) mass is 402 g/mol. The summed E-state index contributed by atoms with van der Waals surface area (Å²) in [6.07, 6.45) is 1.29. The van der Waals surface area contributed by atoms with Gasteiger partial charge >= 0.3 is 15.6 Å². The number of nitriles is 1. The number of furan rings is 1. The van der Waals surface area contributed by atoms with Gasteiger partial charge in [-0.15, -0.1) is 0 Å². The van der Waals surface area contributed by atoms with Gasteiger partial charge in [-0.25, -0.2) is 0 Å².